The van der Waals surface area contributed by atoms with Gasteiger partial charge in [-0.2, -0.15) is 0 Å². The summed E-state index contributed by atoms with van der Waals surface area (Å²) in [4.78, 5) is 17.8. The largest absolute Gasteiger partial charge is 0.305 e. The van der Waals surface area contributed by atoms with Gasteiger partial charge in [-0.25, -0.2) is 13.8 Å². The highest BCUT2D eigenvalue weighted by Crippen LogP contribution is 2.22. The molecule has 2 aromatic heterocycles. The molecule has 126 valence electrons. The number of para-hydroxylation sites is 1. The van der Waals surface area contributed by atoms with Crippen LogP contribution in [0.1, 0.15) is 5.56 Å². The molecule has 4 nitrogen and oxygen atoms in total. The predicted molar refractivity (Wildman–Crippen MR) is 100.0 cm³/mol. The second kappa shape index (κ2) is 5.52. The highest BCUT2D eigenvalue weighted by atomic mass is 19.1. The number of nitrogens with zero attached hydrogens (tertiary/aromatic N) is 3. The van der Waals surface area contributed by atoms with Crippen molar-refractivity contribution in [1.29, 1.82) is 0 Å². The van der Waals surface area contributed by atoms with Crippen molar-refractivity contribution in [2.24, 2.45) is 0 Å². The van der Waals surface area contributed by atoms with Gasteiger partial charge in [0.25, 0.3) is 5.56 Å². The number of fused-ring (bicyclic) bond motifs is 4. The van der Waals surface area contributed by atoms with Crippen molar-refractivity contribution in [1.82, 2.24) is 14.0 Å². The molecule has 0 saturated heterocycles. The van der Waals surface area contributed by atoms with Crippen LogP contribution in [0.2, 0.25) is 0 Å². The summed E-state index contributed by atoms with van der Waals surface area (Å²) < 4.78 is 17.4. The minimum Gasteiger partial charge on any atom is -0.305 e. The second-order valence-electron chi connectivity index (χ2n) is 6.27. The average Bonchev–Trinajstić information content (AvgIpc) is 2.96. The number of halogens is 1. The number of aromatic nitrogens is 3. The van der Waals surface area contributed by atoms with Crippen LogP contribution < -0.4 is 5.56 Å². The topological polar surface area (TPSA) is 39.3 Å². The summed E-state index contributed by atoms with van der Waals surface area (Å²) in [5.41, 5.74) is 2.84. The summed E-state index contributed by atoms with van der Waals surface area (Å²) in [7, 11) is 0. The molecule has 0 aliphatic heterocycles. The molecule has 3 aromatic carbocycles. The van der Waals surface area contributed by atoms with Gasteiger partial charge in [-0.1, -0.05) is 42.5 Å². The maximum absolute atomic E-state index is 13.9. The van der Waals surface area contributed by atoms with Gasteiger partial charge in [0.1, 0.15) is 5.82 Å². The van der Waals surface area contributed by atoms with Gasteiger partial charge < -0.3 is 4.57 Å². The number of hydrogen-bond donors (Lipinski definition) is 0. The Bertz CT molecular complexity index is 1340. The molecule has 0 N–H and O–H groups in total. The van der Waals surface area contributed by atoms with Gasteiger partial charge in [0, 0.05) is 0 Å². The molecule has 0 bridgehead atoms. The van der Waals surface area contributed by atoms with E-state index in [1.807, 2.05) is 53.1 Å². The minimum atomic E-state index is -0.341. The van der Waals surface area contributed by atoms with Crippen molar-refractivity contribution in [3.63, 3.8) is 0 Å². The van der Waals surface area contributed by atoms with Gasteiger partial charge in [0.2, 0.25) is 5.78 Å². The molecular weight excluding hydrogens is 329 g/mol. The second-order valence-corrected chi connectivity index (χ2v) is 6.27. The number of hydrogen-bond acceptors (Lipinski definition) is 2. The van der Waals surface area contributed by atoms with E-state index in [2.05, 4.69) is 0 Å². The molecular formula is C21H14FN3O. The zero-order valence-electron chi connectivity index (χ0n) is 13.8. The van der Waals surface area contributed by atoms with Gasteiger partial charge in [0.15, 0.2) is 0 Å². The summed E-state index contributed by atoms with van der Waals surface area (Å²) >= 11 is 0. The molecule has 5 rings (SSSR count). The quantitative estimate of drug-likeness (QED) is 0.486. The first kappa shape index (κ1) is 14.8. The van der Waals surface area contributed by atoms with Crippen LogP contribution in [0.15, 0.2) is 77.6 Å². The normalized spacial score (nSPS) is 11.6. The fraction of sp³-hybridized carbons (Fsp3) is 0.0476. The lowest BCUT2D eigenvalue weighted by Crippen LogP contribution is -2.15. The van der Waals surface area contributed by atoms with Crippen LogP contribution >= 0.6 is 0 Å². The summed E-state index contributed by atoms with van der Waals surface area (Å²) in [6.45, 7) is 0.502. The number of imidazole rings is 1. The fourth-order valence-electron chi connectivity index (χ4n) is 3.45. The maximum atomic E-state index is 13.9. The average molecular weight is 343 g/mol. The van der Waals surface area contributed by atoms with Crippen molar-refractivity contribution < 1.29 is 4.39 Å². The van der Waals surface area contributed by atoms with E-state index in [4.69, 9.17) is 4.98 Å². The van der Waals surface area contributed by atoms with E-state index in [-0.39, 0.29) is 11.4 Å². The molecule has 0 aliphatic rings. The highest BCUT2D eigenvalue weighted by molar-refractivity contribution is 5.86. The zero-order chi connectivity index (χ0) is 17.7. The smallest absolute Gasteiger partial charge is 0.267 e. The minimum absolute atomic E-state index is 0.144. The van der Waals surface area contributed by atoms with E-state index in [1.54, 1.807) is 16.5 Å². The lowest BCUT2D eigenvalue weighted by molar-refractivity contribution is 0.628. The van der Waals surface area contributed by atoms with E-state index in [9.17, 15) is 9.18 Å². The molecule has 0 unspecified atom stereocenters. The molecule has 5 aromatic rings. The maximum Gasteiger partial charge on any atom is 0.267 e. The highest BCUT2D eigenvalue weighted by Gasteiger charge is 2.16. The Morgan fingerprint density at radius 1 is 0.885 bits per heavy atom. The van der Waals surface area contributed by atoms with E-state index in [0.29, 0.717) is 34.3 Å². The first-order valence-electron chi connectivity index (χ1n) is 8.35. The summed E-state index contributed by atoms with van der Waals surface area (Å²) in [5, 5.41) is 0.549. The van der Waals surface area contributed by atoms with Crippen LogP contribution in [0.3, 0.4) is 0 Å². The molecule has 0 saturated carbocycles. The Morgan fingerprint density at radius 3 is 2.50 bits per heavy atom. The van der Waals surface area contributed by atoms with Crippen LogP contribution in [-0.2, 0) is 6.54 Å². The lowest BCUT2D eigenvalue weighted by atomic mass is 10.2. The molecule has 0 amide bonds. The van der Waals surface area contributed by atoms with Crippen LogP contribution in [-0.4, -0.2) is 14.0 Å². The third-order valence-corrected chi connectivity index (χ3v) is 4.65. The predicted octanol–water partition coefficient (Wildman–Crippen LogP) is 3.99. The molecule has 0 atom stereocenters. The van der Waals surface area contributed by atoms with Crippen molar-refractivity contribution in [3.05, 3.63) is 94.5 Å². The van der Waals surface area contributed by atoms with Crippen molar-refractivity contribution in [2.75, 3.05) is 0 Å². The SMILES string of the molecule is O=c1c2ccccc2nc2n(Cc3ccccc3)c3cc(F)ccc3n12. The Labute approximate surface area is 147 Å². The number of benzene rings is 3. The molecule has 5 heteroatoms. The molecule has 0 radical (unpaired) electrons. The summed E-state index contributed by atoms with van der Waals surface area (Å²) in [6.07, 6.45) is 0. The van der Waals surface area contributed by atoms with Gasteiger partial charge in [-0.3, -0.25) is 4.79 Å². The molecule has 0 spiro atoms. The Kier molecular flexibility index (Phi) is 3.15. The molecule has 0 fully saturated rings. The van der Waals surface area contributed by atoms with Crippen LogP contribution in [0.5, 0.6) is 0 Å². The van der Waals surface area contributed by atoms with Crippen molar-refractivity contribution in [3.8, 4) is 0 Å². The zero-order valence-corrected chi connectivity index (χ0v) is 13.8. The Hall–Kier alpha value is -3.47. The molecule has 26 heavy (non-hydrogen) atoms. The number of rotatable bonds is 2. The fourth-order valence-corrected chi connectivity index (χ4v) is 3.45. The monoisotopic (exact) mass is 343 g/mol. The third kappa shape index (κ3) is 2.14. The molecule has 2 heterocycles. The standard InChI is InChI=1S/C21H14FN3O/c22-15-10-11-18-19(12-15)24(13-14-6-2-1-3-7-14)21-23-17-9-5-4-8-16(17)20(26)25(18)21/h1-12H,13H2. The van der Waals surface area contributed by atoms with E-state index >= 15 is 0 Å². The summed E-state index contributed by atoms with van der Waals surface area (Å²) in [5.74, 6) is 0.172. The van der Waals surface area contributed by atoms with E-state index in [1.165, 1.54) is 12.1 Å². The van der Waals surface area contributed by atoms with Crippen LogP contribution in [0.4, 0.5) is 4.39 Å². The van der Waals surface area contributed by atoms with Gasteiger partial charge in [-0.15, -0.1) is 0 Å². The van der Waals surface area contributed by atoms with Crippen LogP contribution in [0.25, 0.3) is 27.7 Å². The molecule has 0 aliphatic carbocycles. The third-order valence-electron chi connectivity index (χ3n) is 4.65. The first-order valence-corrected chi connectivity index (χ1v) is 8.35. The van der Waals surface area contributed by atoms with E-state index in [0.717, 1.165) is 5.56 Å². The van der Waals surface area contributed by atoms with Crippen molar-refractivity contribution in [2.45, 2.75) is 6.54 Å². The summed E-state index contributed by atoms with van der Waals surface area (Å²) in [6, 6.07) is 21.6. The first-order chi connectivity index (χ1) is 12.7. The van der Waals surface area contributed by atoms with Gasteiger partial charge in [0.05, 0.1) is 28.5 Å². The van der Waals surface area contributed by atoms with Crippen LogP contribution in [0, 0.1) is 5.82 Å². The Balaban J connectivity index is 1.94. The van der Waals surface area contributed by atoms with Gasteiger partial charge in [-0.05, 0) is 35.9 Å². The van der Waals surface area contributed by atoms with Gasteiger partial charge >= 0.3 is 0 Å². The van der Waals surface area contributed by atoms with E-state index < -0.39 is 0 Å². The lowest BCUT2D eigenvalue weighted by Gasteiger charge is -2.06. The van der Waals surface area contributed by atoms with Crippen molar-refractivity contribution >= 4 is 27.7 Å². The Morgan fingerprint density at radius 2 is 1.65 bits per heavy atom.